The molecule has 0 fully saturated rings. The Morgan fingerprint density at radius 1 is 1.05 bits per heavy atom. The van der Waals surface area contributed by atoms with Crippen molar-refractivity contribution in [2.24, 2.45) is 0 Å². The molecule has 0 amide bonds. The number of hydrogen-bond donors (Lipinski definition) is 1. The van der Waals surface area contributed by atoms with Gasteiger partial charge in [-0.25, -0.2) is 4.98 Å². The van der Waals surface area contributed by atoms with Gasteiger partial charge in [-0.3, -0.25) is 0 Å². The second kappa shape index (κ2) is 4.86. The Morgan fingerprint density at radius 3 is 2.75 bits per heavy atom. The summed E-state index contributed by atoms with van der Waals surface area (Å²) in [4.78, 5) is 8.26. The highest BCUT2D eigenvalue weighted by Gasteiger charge is 2.08. The number of aromatic nitrogens is 2. The molecule has 2 N–H and O–H groups in total. The van der Waals surface area contributed by atoms with Gasteiger partial charge in [-0.05, 0) is 30.3 Å². The van der Waals surface area contributed by atoms with E-state index in [1.165, 1.54) is 0 Å². The van der Waals surface area contributed by atoms with Crippen molar-refractivity contribution in [3.63, 3.8) is 0 Å². The Bertz CT molecular complexity index is 823. The summed E-state index contributed by atoms with van der Waals surface area (Å²) < 4.78 is 5.73. The van der Waals surface area contributed by atoms with Crippen molar-refractivity contribution in [3.05, 3.63) is 54.1 Å². The van der Waals surface area contributed by atoms with Crippen molar-refractivity contribution in [2.45, 2.75) is 0 Å². The summed E-state index contributed by atoms with van der Waals surface area (Å²) in [5.74, 6) is 1.06. The molecule has 0 unspecified atom stereocenters. The minimum absolute atomic E-state index is 0.148. The Hall–Kier alpha value is -3.13. The van der Waals surface area contributed by atoms with Crippen LogP contribution in [0.4, 0.5) is 5.95 Å². The molecule has 1 aromatic heterocycles. The minimum atomic E-state index is 0.148. The lowest BCUT2D eigenvalue weighted by Gasteiger charge is -2.08. The molecule has 3 aromatic rings. The van der Waals surface area contributed by atoms with Gasteiger partial charge in [-0.2, -0.15) is 10.2 Å². The summed E-state index contributed by atoms with van der Waals surface area (Å²) in [5, 5.41) is 9.66. The zero-order valence-electron chi connectivity index (χ0n) is 10.4. The van der Waals surface area contributed by atoms with Gasteiger partial charge in [0.25, 0.3) is 0 Å². The van der Waals surface area contributed by atoms with Crippen molar-refractivity contribution < 1.29 is 4.74 Å². The predicted molar refractivity (Wildman–Crippen MR) is 75.2 cm³/mol. The number of nitrogens with zero attached hydrogens (tertiary/aromatic N) is 3. The van der Waals surface area contributed by atoms with Crippen LogP contribution >= 0.6 is 0 Å². The van der Waals surface area contributed by atoms with Crippen molar-refractivity contribution in [2.75, 3.05) is 5.73 Å². The lowest BCUT2D eigenvalue weighted by Crippen LogP contribution is -1.98. The van der Waals surface area contributed by atoms with E-state index < -0.39 is 0 Å². The van der Waals surface area contributed by atoms with Crippen LogP contribution in [0.3, 0.4) is 0 Å². The number of nitrogen functional groups attached to an aromatic ring is 1. The molecule has 0 saturated carbocycles. The van der Waals surface area contributed by atoms with E-state index in [1.54, 1.807) is 24.3 Å². The Balaban J connectivity index is 2.08. The second-order valence-corrected chi connectivity index (χ2v) is 4.15. The van der Waals surface area contributed by atoms with E-state index in [4.69, 9.17) is 15.7 Å². The van der Waals surface area contributed by atoms with E-state index in [-0.39, 0.29) is 5.95 Å². The Morgan fingerprint density at radius 2 is 1.90 bits per heavy atom. The molecule has 0 saturated heterocycles. The highest BCUT2D eigenvalue weighted by Crippen LogP contribution is 2.28. The molecule has 0 atom stereocenters. The predicted octanol–water partition coefficient (Wildman–Crippen LogP) is 2.88. The van der Waals surface area contributed by atoms with Gasteiger partial charge in [0, 0.05) is 0 Å². The van der Waals surface area contributed by atoms with Crippen LogP contribution in [0.15, 0.2) is 48.5 Å². The molecule has 0 radical (unpaired) electrons. The van der Waals surface area contributed by atoms with E-state index in [0.717, 1.165) is 5.39 Å². The number of benzene rings is 2. The van der Waals surface area contributed by atoms with Gasteiger partial charge in [-0.15, -0.1) is 0 Å². The van der Waals surface area contributed by atoms with Crippen LogP contribution < -0.4 is 10.5 Å². The number of fused-ring (bicyclic) bond motifs is 1. The van der Waals surface area contributed by atoms with Gasteiger partial charge in [-0.1, -0.05) is 18.2 Å². The molecular weight excluding hydrogens is 252 g/mol. The zero-order valence-corrected chi connectivity index (χ0v) is 10.4. The fourth-order valence-corrected chi connectivity index (χ4v) is 1.88. The van der Waals surface area contributed by atoms with Crippen LogP contribution in [0, 0.1) is 11.3 Å². The molecule has 2 aromatic carbocycles. The quantitative estimate of drug-likeness (QED) is 0.767. The fraction of sp³-hybridized carbons (Fsp3) is 0. The van der Waals surface area contributed by atoms with Gasteiger partial charge in [0.05, 0.1) is 22.5 Å². The third kappa shape index (κ3) is 2.22. The van der Waals surface area contributed by atoms with Crippen molar-refractivity contribution in [1.29, 1.82) is 5.26 Å². The number of nitrogens with two attached hydrogens (primary N) is 1. The maximum atomic E-state index is 8.89. The van der Waals surface area contributed by atoms with Crippen LogP contribution in [0.1, 0.15) is 5.56 Å². The van der Waals surface area contributed by atoms with Gasteiger partial charge < -0.3 is 10.5 Å². The van der Waals surface area contributed by atoms with Crippen LogP contribution in [0.5, 0.6) is 11.6 Å². The standard InChI is InChI=1S/C15H10N4O/c16-9-10-4-3-5-11(8-10)20-14-12-6-1-2-7-13(12)18-15(17)19-14/h1-8H,(H2,17,18,19). The zero-order chi connectivity index (χ0) is 13.9. The number of para-hydroxylation sites is 1. The Kier molecular flexibility index (Phi) is 2.90. The first-order valence-corrected chi connectivity index (χ1v) is 5.96. The van der Waals surface area contributed by atoms with E-state index in [1.807, 2.05) is 24.3 Å². The Labute approximate surface area is 115 Å². The van der Waals surface area contributed by atoms with E-state index in [2.05, 4.69) is 16.0 Å². The smallest absolute Gasteiger partial charge is 0.231 e. The summed E-state index contributed by atoms with van der Waals surface area (Å²) in [5.41, 5.74) is 6.92. The first-order chi connectivity index (χ1) is 9.76. The summed E-state index contributed by atoms with van der Waals surface area (Å²) in [6.07, 6.45) is 0. The van der Waals surface area contributed by atoms with Crippen LogP contribution in [-0.4, -0.2) is 9.97 Å². The molecule has 5 nitrogen and oxygen atoms in total. The van der Waals surface area contributed by atoms with E-state index in [0.29, 0.717) is 22.7 Å². The number of ether oxygens (including phenoxy) is 1. The lowest BCUT2D eigenvalue weighted by molar-refractivity contribution is 0.469. The van der Waals surface area contributed by atoms with Crippen LogP contribution in [-0.2, 0) is 0 Å². The van der Waals surface area contributed by atoms with Crippen molar-refractivity contribution in [1.82, 2.24) is 9.97 Å². The van der Waals surface area contributed by atoms with Gasteiger partial charge >= 0.3 is 0 Å². The largest absolute Gasteiger partial charge is 0.438 e. The average molecular weight is 262 g/mol. The maximum absolute atomic E-state index is 8.89. The molecule has 3 rings (SSSR count). The first kappa shape index (κ1) is 11.9. The molecular formula is C15H10N4O. The molecule has 96 valence electrons. The van der Waals surface area contributed by atoms with E-state index >= 15 is 0 Å². The molecule has 0 spiro atoms. The highest BCUT2D eigenvalue weighted by atomic mass is 16.5. The van der Waals surface area contributed by atoms with Gasteiger partial charge in [0.1, 0.15) is 5.75 Å². The van der Waals surface area contributed by atoms with Gasteiger partial charge in [0.2, 0.25) is 11.8 Å². The molecule has 20 heavy (non-hydrogen) atoms. The highest BCUT2D eigenvalue weighted by molar-refractivity contribution is 5.84. The molecule has 0 aliphatic heterocycles. The summed E-state index contributed by atoms with van der Waals surface area (Å²) >= 11 is 0. The summed E-state index contributed by atoms with van der Waals surface area (Å²) in [7, 11) is 0. The number of rotatable bonds is 2. The lowest BCUT2D eigenvalue weighted by atomic mass is 10.2. The fourth-order valence-electron chi connectivity index (χ4n) is 1.88. The van der Waals surface area contributed by atoms with E-state index in [9.17, 15) is 0 Å². The number of anilines is 1. The number of hydrogen-bond acceptors (Lipinski definition) is 5. The third-order valence-corrected chi connectivity index (χ3v) is 2.76. The molecule has 5 heteroatoms. The molecule has 0 aliphatic carbocycles. The van der Waals surface area contributed by atoms with Gasteiger partial charge in [0.15, 0.2) is 0 Å². The molecule has 0 aliphatic rings. The third-order valence-electron chi connectivity index (χ3n) is 2.76. The monoisotopic (exact) mass is 262 g/mol. The topological polar surface area (TPSA) is 84.8 Å². The summed E-state index contributed by atoms with van der Waals surface area (Å²) in [6, 6.07) is 16.4. The maximum Gasteiger partial charge on any atom is 0.231 e. The van der Waals surface area contributed by atoms with Crippen LogP contribution in [0.25, 0.3) is 10.9 Å². The van der Waals surface area contributed by atoms with Crippen LogP contribution in [0.2, 0.25) is 0 Å². The normalized spacial score (nSPS) is 10.2. The second-order valence-electron chi connectivity index (χ2n) is 4.15. The minimum Gasteiger partial charge on any atom is -0.438 e. The molecule has 1 heterocycles. The van der Waals surface area contributed by atoms with Crippen molar-refractivity contribution >= 4 is 16.9 Å². The number of nitriles is 1. The average Bonchev–Trinajstić information content (AvgIpc) is 2.47. The SMILES string of the molecule is N#Cc1cccc(Oc2nc(N)nc3ccccc23)c1. The first-order valence-electron chi connectivity index (χ1n) is 5.96. The summed E-state index contributed by atoms with van der Waals surface area (Å²) in [6.45, 7) is 0. The van der Waals surface area contributed by atoms with Crippen molar-refractivity contribution in [3.8, 4) is 17.7 Å². The molecule has 0 bridgehead atoms.